The fourth-order valence-electron chi connectivity index (χ4n) is 5.25. The third kappa shape index (κ3) is 29.7. The number of carboxylic acids is 1. The molecule has 1 amide bonds. The summed E-state index contributed by atoms with van der Waals surface area (Å²) in [6, 6.07) is -0.879. The molecule has 0 heterocycles. The third-order valence-electron chi connectivity index (χ3n) is 7.94. The van der Waals surface area contributed by atoms with Gasteiger partial charge >= 0.3 is 11.9 Å². The second-order valence-corrected chi connectivity index (χ2v) is 12.6. The number of hydrogen-bond acceptors (Lipinski definition) is 4. The molecule has 2 N–H and O–H groups in total. The van der Waals surface area contributed by atoms with Crippen LogP contribution in [0.25, 0.3) is 0 Å². The topological polar surface area (TPSA) is 92.7 Å². The predicted octanol–water partition coefficient (Wildman–Crippen LogP) is 9.92. The van der Waals surface area contributed by atoms with Gasteiger partial charge in [-0.1, -0.05) is 156 Å². The van der Waals surface area contributed by atoms with Gasteiger partial charge in [0.25, 0.3) is 0 Å². The highest BCUT2D eigenvalue weighted by Crippen LogP contribution is 2.15. The average molecular weight is 582 g/mol. The van der Waals surface area contributed by atoms with E-state index in [1.807, 2.05) is 0 Å². The number of unbranched alkanes of at least 4 members (excludes halogenated alkanes) is 20. The molecule has 0 fully saturated rings. The zero-order chi connectivity index (χ0) is 30.4. The summed E-state index contributed by atoms with van der Waals surface area (Å²) in [5.74, 6) is -0.898. The number of carbonyl (C=O) groups excluding carboxylic acids is 2. The molecule has 0 aromatic rings. The maximum Gasteiger partial charge on any atom is 0.328 e. The number of nitrogens with one attached hydrogen (secondary N) is 1. The first-order valence-corrected chi connectivity index (χ1v) is 17.5. The predicted molar refractivity (Wildman–Crippen MR) is 171 cm³/mol. The summed E-state index contributed by atoms with van der Waals surface area (Å²) in [4.78, 5) is 36.0. The van der Waals surface area contributed by atoms with Gasteiger partial charge in [0.15, 0.2) is 0 Å². The van der Waals surface area contributed by atoms with E-state index in [2.05, 4.69) is 26.1 Å². The first-order chi connectivity index (χ1) is 19.9. The lowest BCUT2D eigenvalue weighted by molar-refractivity contribution is -0.148. The normalized spacial score (nSPS) is 12.0. The van der Waals surface area contributed by atoms with Crippen LogP contribution in [0.4, 0.5) is 0 Å². The van der Waals surface area contributed by atoms with Gasteiger partial charge in [0.2, 0.25) is 5.91 Å². The minimum Gasteiger partial charge on any atom is -0.481 e. The molecule has 0 rings (SSSR count). The van der Waals surface area contributed by atoms with Crippen LogP contribution in [0, 0.1) is 5.92 Å². The van der Waals surface area contributed by atoms with E-state index in [1.165, 1.54) is 109 Å². The smallest absolute Gasteiger partial charge is 0.328 e. The quantitative estimate of drug-likeness (QED) is 0.0628. The monoisotopic (exact) mass is 582 g/mol. The Morgan fingerprint density at radius 3 is 1.49 bits per heavy atom. The third-order valence-corrected chi connectivity index (χ3v) is 7.94. The van der Waals surface area contributed by atoms with Crippen molar-refractivity contribution in [3.05, 3.63) is 0 Å². The van der Waals surface area contributed by atoms with Gasteiger partial charge in [-0.25, -0.2) is 4.79 Å². The lowest BCUT2D eigenvalue weighted by Gasteiger charge is -2.17. The van der Waals surface area contributed by atoms with Gasteiger partial charge in [-0.05, 0) is 25.2 Å². The Bertz CT molecular complexity index is 622. The Balaban J connectivity index is 3.87. The maximum atomic E-state index is 12.5. The van der Waals surface area contributed by atoms with Gasteiger partial charge in [0.1, 0.15) is 6.04 Å². The molecule has 0 aromatic heterocycles. The highest BCUT2D eigenvalue weighted by Gasteiger charge is 2.23. The first kappa shape index (κ1) is 39.4. The molecule has 0 radical (unpaired) electrons. The lowest BCUT2D eigenvalue weighted by atomic mass is 10.0. The van der Waals surface area contributed by atoms with Crippen LogP contribution >= 0.6 is 0 Å². The Morgan fingerprint density at radius 1 is 0.585 bits per heavy atom. The molecule has 0 aliphatic carbocycles. The Labute approximate surface area is 253 Å². The average Bonchev–Trinajstić information content (AvgIpc) is 2.93. The minimum absolute atomic E-state index is 0.0646. The van der Waals surface area contributed by atoms with Gasteiger partial charge in [-0.2, -0.15) is 0 Å². The standard InChI is InChI=1S/C35H67NO5/c1-4-5-6-7-8-9-10-11-12-13-14-15-18-21-24-27-33(37)36-32(28-29-34(38)39)35(40)41-30-25-22-19-16-17-20-23-26-31(2)3/h31-32H,4-30H2,1-3H3,(H,36,37)(H,38,39)/t32-/m0/s1. The van der Waals surface area contributed by atoms with Crippen LogP contribution in [0.2, 0.25) is 0 Å². The number of carboxylic acid groups (broad SMARTS) is 1. The summed E-state index contributed by atoms with van der Waals surface area (Å²) in [5, 5.41) is 11.8. The first-order valence-electron chi connectivity index (χ1n) is 17.5. The molecular weight excluding hydrogens is 514 g/mol. The second-order valence-electron chi connectivity index (χ2n) is 12.6. The van der Waals surface area contributed by atoms with Crippen molar-refractivity contribution in [1.29, 1.82) is 0 Å². The number of carbonyl (C=O) groups is 3. The number of rotatable bonds is 31. The van der Waals surface area contributed by atoms with Crippen molar-refractivity contribution in [3.8, 4) is 0 Å². The van der Waals surface area contributed by atoms with Crippen molar-refractivity contribution in [3.63, 3.8) is 0 Å². The van der Waals surface area contributed by atoms with Crippen molar-refractivity contribution in [2.24, 2.45) is 5.92 Å². The molecule has 6 heteroatoms. The van der Waals surface area contributed by atoms with Crippen LogP contribution in [0.1, 0.15) is 188 Å². The van der Waals surface area contributed by atoms with E-state index >= 15 is 0 Å². The van der Waals surface area contributed by atoms with E-state index in [-0.39, 0.29) is 18.7 Å². The molecule has 0 aliphatic rings. The molecule has 0 bridgehead atoms. The molecule has 0 aliphatic heterocycles. The SMILES string of the molecule is CCCCCCCCCCCCCCCCCC(=O)N[C@@H](CCC(=O)O)C(=O)OCCCCCCCCCC(C)C. The van der Waals surface area contributed by atoms with Crippen LogP contribution < -0.4 is 5.32 Å². The highest BCUT2D eigenvalue weighted by molar-refractivity contribution is 5.84. The van der Waals surface area contributed by atoms with Crippen LogP contribution in [0.3, 0.4) is 0 Å². The van der Waals surface area contributed by atoms with Crippen LogP contribution in [0.15, 0.2) is 0 Å². The lowest BCUT2D eigenvalue weighted by Crippen LogP contribution is -2.42. The van der Waals surface area contributed by atoms with Crippen LogP contribution in [-0.2, 0) is 19.1 Å². The van der Waals surface area contributed by atoms with Crippen LogP contribution in [-0.4, -0.2) is 35.6 Å². The summed E-state index contributed by atoms with van der Waals surface area (Å²) >= 11 is 0. The molecule has 6 nitrogen and oxygen atoms in total. The Hall–Kier alpha value is -1.59. The number of hydrogen-bond donors (Lipinski definition) is 2. The van der Waals surface area contributed by atoms with E-state index in [1.54, 1.807) is 0 Å². The van der Waals surface area contributed by atoms with Gasteiger partial charge in [-0.3, -0.25) is 9.59 Å². The van der Waals surface area contributed by atoms with Gasteiger partial charge in [0.05, 0.1) is 6.61 Å². The molecule has 41 heavy (non-hydrogen) atoms. The van der Waals surface area contributed by atoms with E-state index in [0.29, 0.717) is 13.0 Å². The van der Waals surface area contributed by atoms with Gasteiger partial charge < -0.3 is 15.2 Å². The van der Waals surface area contributed by atoms with E-state index in [4.69, 9.17) is 9.84 Å². The zero-order valence-corrected chi connectivity index (χ0v) is 27.3. The van der Waals surface area contributed by atoms with Crippen molar-refractivity contribution in [2.75, 3.05) is 6.61 Å². The summed E-state index contributed by atoms with van der Waals surface area (Å²) in [5.41, 5.74) is 0. The molecule has 1 atom stereocenters. The second kappa shape index (κ2) is 29.9. The highest BCUT2D eigenvalue weighted by atomic mass is 16.5. The fraction of sp³-hybridized carbons (Fsp3) is 0.914. The van der Waals surface area contributed by atoms with Crippen molar-refractivity contribution in [1.82, 2.24) is 5.32 Å². The molecule has 0 saturated heterocycles. The summed E-state index contributed by atoms with van der Waals surface area (Å²) in [7, 11) is 0. The van der Waals surface area contributed by atoms with Crippen molar-refractivity contribution in [2.45, 2.75) is 194 Å². The Morgan fingerprint density at radius 2 is 1.02 bits per heavy atom. The van der Waals surface area contributed by atoms with E-state index < -0.39 is 18.0 Å². The number of ether oxygens (including phenoxy) is 1. The molecule has 0 aromatic carbocycles. The summed E-state index contributed by atoms with van der Waals surface area (Å²) < 4.78 is 5.39. The summed E-state index contributed by atoms with van der Waals surface area (Å²) in [6.07, 6.45) is 28.7. The molecule has 0 unspecified atom stereocenters. The van der Waals surface area contributed by atoms with Crippen molar-refractivity contribution >= 4 is 17.8 Å². The van der Waals surface area contributed by atoms with Gasteiger partial charge in [0, 0.05) is 12.8 Å². The van der Waals surface area contributed by atoms with Crippen molar-refractivity contribution < 1.29 is 24.2 Å². The molecule has 0 spiro atoms. The largest absolute Gasteiger partial charge is 0.481 e. The fourth-order valence-corrected chi connectivity index (χ4v) is 5.25. The molecule has 0 saturated carbocycles. The molecule has 242 valence electrons. The maximum absolute atomic E-state index is 12.5. The van der Waals surface area contributed by atoms with E-state index in [9.17, 15) is 14.4 Å². The Kier molecular flexibility index (Phi) is 28.7. The number of amides is 1. The molecular formula is C35H67NO5. The van der Waals surface area contributed by atoms with Gasteiger partial charge in [-0.15, -0.1) is 0 Å². The van der Waals surface area contributed by atoms with Crippen LogP contribution in [0.5, 0.6) is 0 Å². The number of esters is 1. The summed E-state index contributed by atoms with van der Waals surface area (Å²) in [6.45, 7) is 7.12. The minimum atomic E-state index is -0.979. The zero-order valence-electron chi connectivity index (χ0n) is 27.3. The number of aliphatic carboxylic acids is 1. The van der Waals surface area contributed by atoms with E-state index in [0.717, 1.165) is 44.4 Å².